The van der Waals surface area contributed by atoms with E-state index < -0.39 is 15.6 Å². The van der Waals surface area contributed by atoms with Crippen LogP contribution in [-0.4, -0.2) is 26.8 Å². The molecular formula is C13H22N2O2S. The van der Waals surface area contributed by atoms with Gasteiger partial charge in [-0.3, -0.25) is 0 Å². The topological polar surface area (TPSA) is 58.2 Å². The van der Waals surface area contributed by atoms with Crippen molar-refractivity contribution in [2.24, 2.45) is 0 Å². The standard InChI is InChI=1S/C13H22N2O2S/c1-11-7-5-6-8-12(11)9-14-10-13(2,3)15-18(4,16)17/h5-8,14-15H,9-10H2,1-4H3. The molecule has 4 nitrogen and oxygen atoms in total. The van der Waals surface area contributed by atoms with Crippen LogP contribution in [0.25, 0.3) is 0 Å². The first-order chi connectivity index (χ1) is 8.20. The number of nitrogens with one attached hydrogen (secondary N) is 2. The van der Waals surface area contributed by atoms with Crippen LogP contribution < -0.4 is 10.0 Å². The average Bonchev–Trinajstić information content (AvgIpc) is 2.17. The lowest BCUT2D eigenvalue weighted by Gasteiger charge is -2.25. The fourth-order valence-electron chi connectivity index (χ4n) is 1.86. The first-order valence-corrected chi connectivity index (χ1v) is 7.83. The summed E-state index contributed by atoms with van der Waals surface area (Å²) in [4.78, 5) is 0. The second kappa shape index (κ2) is 5.82. The first-order valence-electron chi connectivity index (χ1n) is 5.94. The number of hydrogen-bond donors (Lipinski definition) is 2. The smallest absolute Gasteiger partial charge is 0.209 e. The molecule has 0 aliphatic heterocycles. The van der Waals surface area contributed by atoms with Gasteiger partial charge in [-0.25, -0.2) is 13.1 Å². The van der Waals surface area contributed by atoms with Crippen molar-refractivity contribution in [3.05, 3.63) is 35.4 Å². The Kier molecular flexibility index (Phi) is 4.90. The Bertz CT molecular complexity index is 495. The molecular weight excluding hydrogens is 248 g/mol. The Morgan fingerprint density at radius 1 is 1.22 bits per heavy atom. The molecule has 2 N–H and O–H groups in total. The van der Waals surface area contributed by atoms with Crippen LogP contribution in [0, 0.1) is 6.92 Å². The Balaban J connectivity index is 2.49. The molecule has 1 rings (SSSR count). The summed E-state index contributed by atoms with van der Waals surface area (Å²) in [5.41, 5.74) is 1.97. The van der Waals surface area contributed by atoms with E-state index in [1.807, 2.05) is 26.0 Å². The Hall–Kier alpha value is -0.910. The molecule has 0 spiro atoms. The predicted molar refractivity (Wildman–Crippen MR) is 74.9 cm³/mol. The van der Waals surface area contributed by atoms with E-state index in [1.165, 1.54) is 17.4 Å². The van der Waals surface area contributed by atoms with Gasteiger partial charge in [-0.15, -0.1) is 0 Å². The third-order valence-corrected chi connectivity index (χ3v) is 3.53. The molecule has 1 aromatic rings. The van der Waals surface area contributed by atoms with E-state index in [9.17, 15) is 8.42 Å². The van der Waals surface area contributed by atoms with E-state index in [1.54, 1.807) is 0 Å². The van der Waals surface area contributed by atoms with E-state index in [-0.39, 0.29) is 0 Å². The zero-order valence-corrected chi connectivity index (χ0v) is 12.3. The SMILES string of the molecule is Cc1ccccc1CNCC(C)(C)NS(C)(=O)=O. The number of hydrogen-bond acceptors (Lipinski definition) is 3. The van der Waals surface area contributed by atoms with E-state index in [0.717, 1.165) is 6.54 Å². The highest BCUT2D eigenvalue weighted by Crippen LogP contribution is 2.07. The summed E-state index contributed by atoms with van der Waals surface area (Å²) in [6, 6.07) is 8.15. The summed E-state index contributed by atoms with van der Waals surface area (Å²) >= 11 is 0. The maximum absolute atomic E-state index is 11.2. The Morgan fingerprint density at radius 2 is 1.83 bits per heavy atom. The molecule has 0 aliphatic rings. The number of sulfonamides is 1. The maximum Gasteiger partial charge on any atom is 0.209 e. The van der Waals surface area contributed by atoms with Crippen LogP contribution in [-0.2, 0) is 16.6 Å². The molecule has 0 bridgehead atoms. The summed E-state index contributed by atoms with van der Waals surface area (Å²) in [6.07, 6.45) is 1.18. The third kappa shape index (κ3) is 5.62. The molecule has 0 saturated carbocycles. The van der Waals surface area contributed by atoms with E-state index in [2.05, 4.69) is 29.1 Å². The van der Waals surface area contributed by atoms with Crippen LogP contribution in [0.5, 0.6) is 0 Å². The van der Waals surface area contributed by atoms with Gasteiger partial charge >= 0.3 is 0 Å². The average molecular weight is 270 g/mol. The second-order valence-electron chi connectivity index (χ2n) is 5.29. The summed E-state index contributed by atoms with van der Waals surface area (Å²) in [5.74, 6) is 0. The molecule has 0 amide bonds. The van der Waals surface area contributed by atoms with Crippen molar-refractivity contribution in [2.45, 2.75) is 32.9 Å². The Labute approximate surface area is 110 Å². The van der Waals surface area contributed by atoms with Gasteiger partial charge < -0.3 is 5.32 Å². The highest BCUT2D eigenvalue weighted by Gasteiger charge is 2.21. The van der Waals surface area contributed by atoms with Crippen LogP contribution in [0.2, 0.25) is 0 Å². The molecule has 0 aliphatic carbocycles. The number of aryl methyl sites for hydroxylation is 1. The normalized spacial score (nSPS) is 12.7. The van der Waals surface area contributed by atoms with Gasteiger partial charge in [0.2, 0.25) is 10.0 Å². The lowest BCUT2D eigenvalue weighted by atomic mass is 10.1. The monoisotopic (exact) mass is 270 g/mol. The first kappa shape index (κ1) is 15.1. The minimum Gasteiger partial charge on any atom is -0.311 e. The maximum atomic E-state index is 11.2. The third-order valence-electron chi connectivity index (χ3n) is 2.61. The fourth-order valence-corrected chi connectivity index (χ4v) is 2.93. The highest BCUT2D eigenvalue weighted by molar-refractivity contribution is 7.88. The molecule has 0 fully saturated rings. The minimum atomic E-state index is -3.18. The highest BCUT2D eigenvalue weighted by atomic mass is 32.2. The summed E-state index contributed by atoms with van der Waals surface area (Å²) in [6.45, 7) is 7.10. The molecule has 0 radical (unpaired) electrons. The van der Waals surface area contributed by atoms with E-state index >= 15 is 0 Å². The summed E-state index contributed by atoms with van der Waals surface area (Å²) < 4.78 is 25.0. The van der Waals surface area contributed by atoms with Gasteiger partial charge in [0.1, 0.15) is 0 Å². The molecule has 1 aromatic carbocycles. The largest absolute Gasteiger partial charge is 0.311 e. The van der Waals surface area contributed by atoms with E-state index in [4.69, 9.17) is 0 Å². The van der Waals surface area contributed by atoms with Crippen molar-refractivity contribution in [3.63, 3.8) is 0 Å². The molecule has 0 atom stereocenters. The van der Waals surface area contributed by atoms with Gasteiger partial charge in [-0.2, -0.15) is 0 Å². The van der Waals surface area contributed by atoms with Gasteiger partial charge in [0.15, 0.2) is 0 Å². The fraction of sp³-hybridized carbons (Fsp3) is 0.538. The van der Waals surface area contributed by atoms with Crippen molar-refractivity contribution in [3.8, 4) is 0 Å². The lowest BCUT2D eigenvalue weighted by molar-refractivity contribution is 0.421. The van der Waals surface area contributed by atoms with Crippen LogP contribution >= 0.6 is 0 Å². The van der Waals surface area contributed by atoms with Gasteiger partial charge in [0.05, 0.1) is 6.26 Å². The molecule has 18 heavy (non-hydrogen) atoms. The molecule has 0 unspecified atom stereocenters. The van der Waals surface area contributed by atoms with Crippen LogP contribution in [0.4, 0.5) is 0 Å². The molecule has 5 heteroatoms. The minimum absolute atomic E-state index is 0.490. The van der Waals surface area contributed by atoms with Crippen LogP contribution in [0.15, 0.2) is 24.3 Å². The van der Waals surface area contributed by atoms with Crippen molar-refractivity contribution in [1.82, 2.24) is 10.0 Å². The van der Waals surface area contributed by atoms with Crippen molar-refractivity contribution >= 4 is 10.0 Å². The number of rotatable bonds is 6. The van der Waals surface area contributed by atoms with Gasteiger partial charge in [-0.05, 0) is 31.9 Å². The van der Waals surface area contributed by atoms with Gasteiger partial charge in [-0.1, -0.05) is 24.3 Å². The quantitative estimate of drug-likeness (QED) is 0.822. The molecule has 0 aromatic heterocycles. The van der Waals surface area contributed by atoms with E-state index in [0.29, 0.717) is 6.54 Å². The second-order valence-corrected chi connectivity index (χ2v) is 7.04. The van der Waals surface area contributed by atoms with Gasteiger partial charge in [0.25, 0.3) is 0 Å². The predicted octanol–water partition coefficient (Wildman–Crippen LogP) is 1.41. The zero-order chi connectivity index (χ0) is 13.8. The van der Waals surface area contributed by atoms with Crippen LogP contribution in [0.1, 0.15) is 25.0 Å². The van der Waals surface area contributed by atoms with Crippen LogP contribution in [0.3, 0.4) is 0 Å². The Morgan fingerprint density at radius 3 is 2.39 bits per heavy atom. The zero-order valence-electron chi connectivity index (χ0n) is 11.4. The molecule has 102 valence electrons. The molecule has 0 heterocycles. The van der Waals surface area contributed by atoms with Crippen molar-refractivity contribution in [1.29, 1.82) is 0 Å². The van der Waals surface area contributed by atoms with Crippen molar-refractivity contribution < 1.29 is 8.42 Å². The summed E-state index contributed by atoms with van der Waals surface area (Å²) in [5, 5.41) is 3.28. The van der Waals surface area contributed by atoms with Crippen molar-refractivity contribution in [2.75, 3.05) is 12.8 Å². The van der Waals surface area contributed by atoms with Gasteiger partial charge in [0, 0.05) is 18.6 Å². The summed E-state index contributed by atoms with van der Waals surface area (Å²) in [7, 11) is -3.18. The number of benzene rings is 1. The molecule has 0 saturated heterocycles. The lowest BCUT2D eigenvalue weighted by Crippen LogP contribution is -2.49.